The van der Waals surface area contributed by atoms with Crippen LogP contribution in [0.15, 0.2) is 0 Å². The molecule has 0 saturated heterocycles. The van der Waals surface area contributed by atoms with E-state index in [2.05, 4.69) is 4.72 Å². The average molecular weight is 179 g/mol. The second-order valence-corrected chi connectivity index (χ2v) is 4.20. The quantitative estimate of drug-likeness (QED) is 0.393. The summed E-state index contributed by atoms with van der Waals surface area (Å²) in [7, 11) is -3.43. The normalized spacial score (nSPS) is 20.8. The van der Waals surface area contributed by atoms with Gasteiger partial charge in [0.25, 0.3) is 10.2 Å². The van der Waals surface area contributed by atoms with E-state index in [4.69, 9.17) is 5.84 Å². The summed E-state index contributed by atoms with van der Waals surface area (Å²) >= 11 is 0. The first kappa shape index (κ1) is 8.92. The lowest BCUT2D eigenvalue weighted by atomic mass is 10.3. The number of nitrogens with one attached hydrogen (secondary N) is 2. The molecular formula is C5H13N3O2S. The zero-order valence-electron chi connectivity index (χ0n) is 6.21. The molecule has 0 radical (unpaired) electrons. The largest absolute Gasteiger partial charge is 0.289 e. The van der Waals surface area contributed by atoms with Crippen LogP contribution in [0, 0.1) is 0 Å². The molecule has 0 aromatic carbocycles. The first-order chi connectivity index (χ1) is 5.14. The van der Waals surface area contributed by atoms with Crippen LogP contribution in [0.3, 0.4) is 0 Å². The molecule has 66 valence electrons. The molecule has 1 saturated carbocycles. The molecule has 11 heavy (non-hydrogen) atoms. The molecular weight excluding hydrogens is 166 g/mol. The molecule has 1 rings (SSSR count). The van der Waals surface area contributed by atoms with Gasteiger partial charge in [-0.05, 0) is 12.8 Å². The third-order valence-electron chi connectivity index (χ3n) is 1.83. The van der Waals surface area contributed by atoms with E-state index in [1.54, 1.807) is 4.83 Å². The van der Waals surface area contributed by atoms with Crippen molar-refractivity contribution in [3.63, 3.8) is 0 Å². The van der Waals surface area contributed by atoms with E-state index in [1.165, 1.54) is 0 Å². The highest BCUT2D eigenvalue weighted by molar-refractivity contribution is 7.87. The number of rotatable bonds is 3. The molecule has 0 heterocycles. The van der Waals surface area contributed by atoms with Crippen molar-refractivity contribution in [3.05, 3.63) is 0 Å². The van der Waals surface area contributed by atoms with Gasteiger partial charge in [-0.25, -0.2) is 0 Å². The summed E-state index contributed by atoms with van der Waals surface area (Å²) in [4.78, 5) is 1.73. The van der Waals surface area contributed by atoms with Crippen LogP contribution in [0.1, 0.15) is 25.7 Å². The minimum absolute atomic E-state index is 0.0797. The molecule has 1 fully saturated rings. The summed E-state index contributed by atoms with van der Waals surface area (Å²) in [6.45, 7) is 0. The maximum absolute atomic E-state index is 10.8. The molecule has 0 aromatic rings. The molecule has 0 spiro atoms. The predicted molar refractivity (Wildman–Crippen MR) is 41.6 cm³/mol. The van der Waals surface area contributed by atoms with E-state index >= 15 is 0 Å². The maximum Gasteiger partial charge on any atom is 0.289 e. The zero-order valence-corrected chi connectivity index (χ0v) is 7.02. The molecule has 5 nitrogen and oxygen atoms in total. The second-order valence-electron chi connectivity index (χ2n) is 2.72. The number of nitrogens with two attached hydrogens (primary N) is 1. The van der Waals surface area contributed by atoms with Crippen LogP contribution in [0.5, 0.6) is 0 Å². The first-order valence-corrected chi connectivity index (χ1v) is 5.12. The maximum atomic E-state index is 10.8. The van der Waals surface area contributed by atoms with Crippen LogP contribution in [-0.2, 0) is 10.2 Å². The monoisotopic (exact) mass is 179 g/mol. The van der Waals surface area contributed by atoms with E-state index in [1.807, 2.05) is 0 Å². The van der Waals surface area contributed by atoms with E-state index in [0.717, 1.165) is 25.7 Å². The van der Waals surface area contributed by atoms with Crippen molar-refractivity contribution in [2.75, 3.05) is 0 Å². The van der Waals surface area contributed by atoms with Crippen molar-refractivity contribution in [1.82, 2.24) is 9.55 Å². The molecule has 0 aromatic heterocycles. The number of hydrogen-bond acceptors (Lipinski definition) is 3. The highest BCUT2D eigenvalue weighted by Crippen LogP contribution is 2.17. The van der Waals surface area contributed by atoms with Gasteiger partial charge in [0.2, 0.25) is 0 Å². The molecule has 1 aliphatic carbocycles. The molecule has 0 atom stereocenters. The van der Waals surface area contributed by atoms with Crippen LogP contribution < -0.4 is 15.4 Å². The van der Waals surface area contributed by atoms with Crippen molar-refractivity contribution in [2.45, 2.75) is 31.7 Å². The number of hydrazine groups is 1. The van der Waals surface area contributed by atoms with Gasteiger partial charge in [0.1, 0.15) is 0 Å². The van der Waals surface area contributed by atoms with Crippen LogP contribution in [0.25, 0.3) is 0 Å². The van der Waals surface area contributed by atoms with Crippen molar-refractivity contribution < 1.29 is 8.42 Å². The summed E-state index contributed by atoms with van der Waals surface area (Å²) < 4.78 is 24.1. The molecule has 0 aliphatic heterocycles. The second kappa shape index (κ2) is 3.48. The van der Waals surface area contributed by atoms with E-state index in [-0.39, 0.29) is 6.04 Å². The van der Waals surface area contributed by atoms with E-state index < -0.39 is 10.2 Å². The molecule has 4 N–H and O–H groups in total. The Morgan fingerprint density at radius 3 is 2.27 bits per heavy atom. The van der Waals surface area contributed by atoms with Gasteiger partial charge in [-0.2, -0.15) is 13.1 Å². The van der Waals surface area contributed by atoms with Gasteiger partial charge < -0.3 is 0 Å². The van der Waals surface area contributed by atoms with Crippen LogP contribution in [-0.4, -0.2) is 14.5 Å². The van der Waals surface area contributed by atoms with E-state index in [0.29, 0.717) is 0 Å². The Hall–Kier alpha value is -0.170. The summed E-state index contributed by atoms with van der Waals surface area (Å²) in [5.74, 6) is 4.78. The van der Waals surface area contributed by atoms with Crippen molar-refractivity contribution in [3.8, 4) is 0 Å². The van der Waals surface area contributed by atoms with Crippen LogP contribution >= 0.6 is 0 Å². The third kappa shape index (κ3) is 2.74. The molecule has 0 bridgehead atoms. The summed E-state index contributed by atoms with van der Waals surface area (Å²) in [6, 6.07) is 0.0797. The lowest BCUT2D eigenvalue weighted by Crippen LogP contribution is -2.44. The fraction of sp³-hybridized carbons (Fsp3) is 1.00. The van der Waals surface area contributed by atoms with Gasteiger partial charge in [0.05, 0.1) is 0 Å². The van der Waals surface area contributed by atoms with E-state index in [9.17, 15) is 8.42 Å². The Kier molecular flexibility index (Phi) is 2.83. The van der Waals surface area contributed by atoms with Crippen LogP contribution in [0.2, 0.25) is 0 Å². The smallest absolute Gasteiger partial charge is 0.257 e. The highest BCUT2D eigenvalue weighted by atomic mass is 32.2. The Morgan fingerprint density at radius 1 is 1.27 bits per heavy atom. The Morgan fingerprint density at radius 2 is 1.82 bits per heavy atom. The van der Waals surface area contributed by atoms with Gasteiger partial charge in [-0.3, -0.25) is 5.84 Å². The third-order valence-corrected chi connectivity index (χ3v) is 2.79. The lowest BCUT2D eigenvalue weighted by molar-refractivity contribution is 0.541. The van der Waals surface area contributed by atoms with Gasteiger partial charge >= 0.3 is 0 Å². The summed E-state index contributed by atoms with van der Waals surface area (Å²) in [6.07, 6.45) is 4.03. The minimum atomic E-state index is -3.43. The first-order valence-electron chi connectivity index (χ1n) is 3.64. The minimum Gasteiger partial charge on any atom is -0.257 e. The van der Waals surface area contributed by atoms with Gasteiger partial charge in [-0.1, -0.05) is 12.8 Å². The Balaban J connectivity index is 2.41. The van der Waals surface area contributed by atoms with Crippen LogP contribution in [0.4, 0.5) is 0 Å². The highest BCUT2D eigenvalue weighted by Gasteiger charge is 2.19. The average Bonchev–Trinajstić information content (AvgIpc) is 2.39. The summed E-state index contributed by atoms with van der Waals surface area (Å²) in [5, 5.41) is 0. The molecule has 1 aliphatic rings. The topological polar surface area (TPSA) is 84.2 Å². The zero-order chi connectivity index (χ0) is 8.32. The summed E-state index contributed by atoms with van der Waals surface area (Å²) in [5.41, 5.74) is 0. The fourth-order valence-electron chi connectivity index (χ4n) is 1.30. The van der Waals surface area contributed by atoms with Gasteiger partial charge in [-0.15, -0.1) is 4.83 Å². The Labute approximate surface area is 66.5 Å². The van der Waals surface area contributed by atoms with Crippen molar-refractivity contribution in [1.29, 1.82) is 0 Å². The van der Waals surface area contributed by atoms with Gasteiger partial charge in [0, 0.05) is 6.04 Å². The molecule has 0 amide bonds. The SMILES string of the molecule is NNS(=O)(=O)NC1CCCC1. The fourth-order valence-corrected chi connectivity index (χ4v) is 2.04. The molecule has 0 unspecified atom stereocenters. The standard InChI is InChI=1S/C5H13N3O2S/c6-8-11(9,10)7-5-3-1-2-4-5/h5,7-8H,1-4,6H2. The Bertz CT molecular complexity index is 208. The molecule has 6 heteroatoms. The van der Waals surface area contributed by atoms with Gasteiger partial charge in [0.15, 0.2) is 0 Å². The van der Waals surface area contributed by atoms with Crippen molar-refractivity contribution in [2.24, 2.45) is 5.84 Å². The predicted octanol–water partition coefficient (Wildman–Crippen LogP) is -0.773. The van der Waals surface area contributed by atoms with Crippen molar-refractivity contribution >= 4 is 10.2 Å². The lowest BCUT2D eigenvalue weighted by Gasteiger charge is -2.10. The number of hydrogen-bond donors (Lipinski definition) is 3.